The van der Waals surface area contributed by atoms with Gasteiger partial charge in [-0.1, -0.05) is 0 Å². The molecule has 0 amide bonds. The molecule has 0 spiro atoms. The Morgan fingerprint density at radius 3 is 2.71 bits per heavy atom. The molecule has 5 heteroatoms. The van der Waals surface area contributed by atoms with Crippen molar-refractivity contribution in [1.29, 1.82) is 0 Å². The molecule has 1 rings (SSSR count). The van der Waals surface area contributed by atoms with Crippen LogP contribution in [-0.2, 0) is 9.53 Å². The number of methoxy groups -OCH3 is 1. The van der Waals surface area contributed by atoms with Gasteiger partial charge in [0.15, 0.2) is 0 Å². The van der Waals surface area contributed by atoms with Crippen LogP contribution in [0.15, 0.2) is 16.7 Å². The van der Waals surface area contributed by atoms with E-state index in [9.17, 15) is 4.79 Å². The third kappa shape index (κ3) is 3.70. The van der Waals surface area contributed by atoms with Gasteiger partial charge in [-0.25, -0.2) is 4.98 Å². The van der Waals surface area contributed by atoms with Crippen LogP contribution < -0.4 is 4.74 Å². The van der Waals surface area contributed by atoms with Crippen LogP contribution in [0.3, 0.4) is 0 Å². The zero-order chi connectivity index (χ0) is 13.1. The van der Waals surface area contributed by atoms with Crippen molar-refractivity contribution in [3.63, 3.8) is 0 Å². The number of esters is 1. The van der Waals surface area contributed by atoms with Crippen LogP contribution in [0.4, 0.5) is 0 Å². The molecule has 0 aliphatic rings. The Labute approximate surface area is 109 Å². The highest BCUT2D eigenvalue weighted by molar-refractivity contribution is 9.10. The average molecular weight is 302 g/mol. The Kier molecular flexibility index (Phi) is 4.51. The fourth-order valence-corrected chi connectivity index (χ4v) is 1.40. The molecule has 0 unspecified atom stereocenters. The summed E-state index contributed by atoms with van der Waals surface area (Å²) >= 11 is 3.36. The summed E-state index contributed by atoms with van der Waals surface area (Å²) in [5.41, 5.74) is 0.350. The number of nitrogens with zero attached hydrogens (tertiary/aromatic N) is 1. The topological polar surface area (TPSA) is 48.4 Å². The number of halogens is 1. The van der Waals surface area contributed by atoms with Crippen molar-refractivity contribution in [2.75, 3.05) is 13.7 Å². The van der Waals surface area contributed by atoms with Crippen molar-refractivity contribution < 1.29 is 14.3 Å². The van der Waals surface area contributed by atoms with Gasteiger partial charge in [0.1, 0.15) is 6.61 Å². The number of ether oxygens (including phenoxy) is 2. The second-order valence-corrected chi connectivity index (χ2v) is 5.29. The molecule has 94 valence electrons. The van der Waals surface area contributed by atoms with E-state index in [1.165, 1.54) is 7.11 Å². The molecule has 1 heterocycles. The number of carbonyl (C=O) groups is 1. The molecule has 0 aliphatic heterocycles. The van der Waals surface area contributed by atoms with Gasteiger partial charge >= 0.3 is 5.97 Å². The highest BCUT2D eigenvalue weighted by atomic mass is 79.9. The molecule has 0 fully saturated rings. The lowest BCUT2D eigenvalue weighted by atomic mass is 9.95. The molecule has 0 radical (unpaired) electrons. The first-order valence-corrected chi connectivity index (χ1v) is 5.99. The molecule has 0 saturated heterocycles. The summed E-state index contributed by atoms with van der Waals surface area (Å²) in [4.78, 5) is 15.6. The van der Waals surface area contributed by atoms with Gasteiger partial charge in [-0.05, 0) is 42.3 Å². The Morgan fingerprint density at radius 1 is 1.53 bits per heavy atom. The van der Waals surface area contributed by atoms with Gasteiger partial charge < -0.3 is 9.47 Å². The van der Waals surface area contributed by atoms with E-state index in [4.69, 9.17) is 9.47 Å². The first-order chi connectivity index (χ1) is 7.86. The van der Waals surface area contributed by atoms with Crippen LogP contribution in [0.25, 0.3) is 0 Å². The minimum atomic E-state index is -0.683. The standard InChI is InChI=1S/C12H16BrNO3/c1-8-5-10(14-6-9(8)13)17-7-12(2,3)11(15)16-4/h5-6H,7H2,1-4H3. The summed E-state index contributed by atoms with van der Waals surface area (Å²) in [5.74, 6) is 0.203. The van der Waals surface area contributed by atoms with E-state index in [-0.39, 0.29) is 12.6 Å². The van der Waals surface area contributed by atoms with Crippen LogP contribution >= 0.6 is 15.9 Å². The maximum Gasteiger partial charge on any atom is 0.314 e. The number of carbonyl (C=O) groups excluding carboxylic acids is 1. The van der Waals surface area contributed by atoms with Crippen molar-refractivity contribution in [3.05, 3.63) is 22.3 Å². The van der Waals surface area contributed by atoms with Crippen LogP contribution in [0, 0.1) is 12.3 Å². The van der Waals surface area contributed by atoms with Crippen LogP contribution in [-0.4, -0.2) is 24.7 Å². The molecular formula is C12H16BrNO3. The minimum Gasteiger partial charge on any atom is -0.476 e. The fourth-order valence-electron chi connectivity index (χ4n) is 1.18. The lowest BCUT2D eigenvalue weighted by molar-refractivity contribution is -0.152. The van der Waals surface area contributed by atoms with E-state index in [1.807, 2.05) is 13.0 Å². The molecule has 0 N–H and O–H groups in total. The molecule has 0 atom stereocenters. The lowest BCUT2D eigenvalue weighted by Crippen LogP contribution is -2.32. The van der Waals surface area contributed by atoms with Gasteiger partial charge in [-0.15, -0.1) is 0 Å². The van der Waals surface area contributed by atoms with Gasteiger partial charge in [-0.3, -0.25) is 4.79 Å². The number of rotatable bonds is 4. The molecule has 0 aliphatic carbocycles. The van der Waals surface area contributed by atoms with E-state index in [0.717, 1.165) is 10.0 Å². The van der Waals surface area contributed by atoms with Gasteiger partial charge in [0.05, 0.1) is 12.5 Å². The molecule has 4 nitrogen and oxygen atoms in total. The van der Waals surface area contributed by atoms with E-state index in [0.29, 0.717) is 5.88 Å². The number of aryl methyl sites for hydroxylation is 1. The number of pyridine rings is 1. The second kappa shape index (κ2) is 5.49. The summed E-state index contributed by atoms with van der Waals surface area (Å²) in [6, 6.07) is 1.82. The normalized spacial score (nSPS) is 11.1. The van der Waals surface area contributed by atoms with E-state index in [2.05, 4.69) is 20.9 Å². The van der Waals surface area contributed by atoms with Crippen LogP contribution in [0.2, 0.25) is 0 Å². The highest BCUT2D eigenvalue weighted by Gasteiger charge is 2.29. The molecular weight excluding hydrogens is 286 g/mol. The predicted molar refractivity (Wildman–Crippen MR) is 68.0 cm³/mol. The van der Waals surface area contributed by atoms with E-state index >= 15 is 0 Å². The largest absolute Gasteiger partial charge is 0.476 e. The van der Waals surface area contributed by atoms with Crippen LogP contribution in [0.5, 0.6) is 5.88 Å². The maximum absolute atomic E-state index is 11.4. The molecule has 1 aromatic rings. The summed E-state index contributed by atoms with van der Waals surface area (Å²) in [7, 11) is 1.37. The summed E-state index contributed by atoms with van der Waals surface area (Å²) in [6.07, 6.45) is 1.68. The number of hydrogen-bond acceptors (Lipinski definition) is 4. The summed E-state index contributed by atoms with van der Waals surface area (Å²) < 4.78 is 11.1. The van der Waals surface area contributed by atoms with Crippen molar-refractivity contribution in [2.24, 2.45) is 5.41 Å². The molecule has 17 heavy (non-hydrogen) atoms. The van der Waals surface area contributed by atoms with Crippen molar-refractivity contribution >= 4 is 21.9 Å². The Bertz CT molecular complexity index is 418. The third-order valence-corrected chi connectivity index (χ3v) is 3.17. The van der Waals surface area contributed by atoms with Crippen molar-refractivity contribution in [2.45, 2.75) is 20.8 Å². The predicted octanol–water partition coefficient (Wildman–Crippen LogP) is 2.73. The van der Waals surface area contributed by atoms with Gasteiger partial charge in [0, 0.05) is 16.7 Å². The van der Waals surface area contributed by atoms with E-state index in [1.54, 1.807) is 20.0 Å². The first-order valence-electron chi connectivity index (χ1n) is 5.20. The van der Waals surface area contributed by atoms with Crippen molar-refractivity contribution in [1.82, 2.24) is 4.98 Å². The number of hydrogen-bond donors (Lipinski definition) is 0. The van der Waals surface area contributed by atoms with Gasteiger partial charge in [0.2, 0.25) is 5.88 Å². The van der Waals surface area contributed by atoms with Crippen molar-refractivity contribution in [3.8, 4) is 5.88 Å². The van der Waals surface area contributed by atoms with Crippen LogP contribution in [0.1, 0.15) is 19.4 Å². The Balaban J connectivity index is 2.67. The highest BCUT2D eigenvalue weighted by Crippen LogP contribution is 2.22. The fraction of sp³-hybridized carbons (Fsp3) is 0.500. The minimum absolute atomic E-state index is 0.230. The Hall–Kier alpha value is -1.10. The Morgan fingerprint density at radius 2 is 2.18 bits per heavy atom. The van der Waals surface area contributed by atoms with Gasteiger partial charge in [-0.2, -0.15) is 0 Å². The molecule has 0 bridgehead atoms. The number of aromatic nitrogens is 1. The van der Waals surface area contributed by atoms with E-state index < -0.39 is 5.41 Å². The summed E-state index contributed by atoms with van der Waals surface area (Å²) in [5, 5.41) is 0. The third-order valence-electron chi connectivity index (χ3n) is 2.34. The monoisotopic (exact) mass is 301 g/mol. The maximum atomic E-state index is 11.4. The quantitative estimate of drug-likeness (QED) is 0.802. The lowest BCUT2D eigenvalue weighted by Gasteiger charge is -2.21. The summed E-state index contributed by atoms with van der Waals surface area (Å²) in [6.45, 7) is 5.72. The second-order valence-electron chi connectivity index (χ2n) is 4.44. The van der Waals surface area contributed by atoms with Gasteiger partial charge in [0.25, 0.3) is 0 Å². The average Bonchev–Trinajstić information content (AvgIpc) is 2.29. The molecule has 1 aromatic heterocycles. The zero-order valence-corrected chi connectivity index (χ0v) is 12.0. The SMILES string of the molecule is COC(=O)C(C)(C)COc1cc(C)c(Br)cn1. The smallest absolute Gasteiger partial charge is 0.314 e. The zero-order valence-electron chi connectivity index (χ0n) is 10.4. The molecule has 0 aromatic carbocycles. The molecule has 0 saturated carbocycles. The first kappa shape index (κ1) is 14.0.